The SMILES string of the molecule is C1=CC(CCOc2cccc3c2SCCO3)(C2Cc3ccccc3C2)N=C1. The minimum atomic E-state index is -0.141. The third-order valence-corrected chi connectivity index (χ3v) is 6.90. The number of rotatable bonds is 5. The van der Waals surface area contributed by atoms with Crippen LogP contribution in [0.25, 0.3) is 0 Å². The molecule has 0 N–H and O–H groups in total. The number of thioether (sulfide) groups is 1. The largest absolute Gasteiger partial charge is 0.492 e. The molecule has 5 rings (SSSR count). The van der Waals surface area contributed by atoms with Crippen LogP contribution < -0.4 is 9.47 Å². The quantitative estimate of drug-likeness (QED) is 0.754. The summed E-state index contributed by atoms with van der Waals surface area (Å²) in [4.78, 5) is 6.04. The van der Waals surface area contributed by atoms with Crippen LogP contribution in [0.2, 0.25) is 0 Å². The third kappa shape index (κ3) is 3.16. The molecule has 1 aliphatic carbocycles. The zero-order valence-corrected chi connectivity index (χ0v) is 16.1. The topological polar surface area (TPSA) is 30.8 Å². The molecule has 3 aliphatic rings. The second-order valence-electron chi connectivity index (χ2n) is 7.38. The highest BCUT2D eigenvalue weighted by molar-refractivity contribution is 7.99. The molecule has 0 saturated carbocycles. The maximum Gasteiger partial charge on any atom is 0.136 e. The van der Waals surface area contributed by atoms with Crippen molar-refractivity contribution in [1.82, 2.24) is 0 Å². The van der Waals surface area contributed by atoms with Crippen molar-refractivity contribution >= 4 is 18.0 Å². The molecule has 3 nitrogen and oxygen atoms in total. The van der Waals surface area contributed by atoms with Crippen molar-refractivity contribution in [3.05, 3.63) is 65.7 Å². The molecule has 2 aliphatic heterocycles. The lowest BCUT2D eigenvalue weighted by Gasteiger charge is -2.31. The lowest BCUT2D eigenvalue weighted by atomic mass is 9.80. The first kappa shape index (κ1) is 16.9. The van der Waals surface area contributed by atoms with Crippen LogP contribution in [0.5, 0.6) is 11.5 Å². The van der Waals surface area contributed by atoms with E-state index in [1.165, 1.54) is 11.1 Å². The molecule has 0 radical (unpaired) electrons. The van der Waals surface area contributed by atoms with Crippen molar-refractivity contribution in [2.75, 3.05) is 19.0 Å². The number of nitrogens with zero attached hydrogens (tertiary/aromatic N) is 1. The molecule has 0 saturated heterocycles. The minimum absolute atomic E-state index is 0.141. The van der Waals surface area contributed by atoms with Crippen LogP contribution in [0.3, 0.4) is 0 Å². The summed E-state index contributed by atoms with van der Waals surface area (Å²) >= 11 is 1.82. The van der Waals surface area contributed by atoms with Crippen LogP contribution in [0.4, 0.5) is 0 Å². The maximum atomic E-state index is 6.22. The number of hydrogen-bond donors (Lipinski definition) is 0. The smallest absolute Gasteiger partial charge is 0.136 e. The van der Waals surface area contributed by atoms with E-state index < -0.39 is 0 Å². The van der Waals surface area contributed by atoms with Gasteiger partial charge in [0.2, 0.25) is 0 Å². The van der Waals surface area contributed by atoms with Gasteiger partial charge < -0.3 is 9.47 Å². The van der Waals surface area contributed by atoms with Crippen LogP contribution >= 0.6 is 11.8 Å². The van der Waals surface area contributed by atoms with Crippen LogP contribution in [-0.4, -0.2) is 30.7 Å². The standard InChI is InChI=1S/C23H23NO2S/c1-2-6-18-16-19(15-17(18)5-1)23(9-4-11-24-23)10-12-25-20-7-3-8-21-22(20)27-14-13-26-21/h1-9,11,19H,10,12-16H2. The van der Waals surface area contributed by atoms with Crippen LogP contribution in [0, 0.1) is 5.92 Å². The Balaban J connectivity index is 1.30. The number of benzene rings is 2. The number of hydrogen-bond acceptors (Lipinski definition) is 4. The average molecular weight is 378 g/mol. The van der Waals surface area contributed by atoms with E-state index in [2.05, 4.69) is 36.4 Å². The average Bonchev–Trinajstić information content (AvgIpc) is 3.36. The molecule has 1 atom stereocenters. The molecule has 0 bridgehead atoms. The maximum absolute atomic E-state index is 6.22. The van der Waals surface area contributed by atoms with Crippen molar-refractivity contribution in [1.29, 1.82) is 0 Å². The van der Waals surface area contributed by atoms with Crippen molar-refractivity contribution in [2.24, 2.45) is 10.9 Å². The fourth-order valence-electron chi connectivity index (χ4n) is 4.43. The summed E-state index contributed by atoms with van der Waals surface area (Å²) in [6.45, 7) is 1.43. The summed E-state index contributed by atoms with van der Waals surface area (Å²) in [6, 6.07) is 14.9. The van der Waals surface area contributed by atoms with Gasteiger partial charge in [-0.25, -0.2) is 0 Å². The van der Waals surface area contributed by atoms with Crippen molar-refractivity contribution < 1.29 is 9.47 Å². The molecule has 0 fully saturated rings. The molecule has 2 heterocycles. The van der Waals surface area contributed by atoms with E-state index in [0.717, 1.165) is 48.0 Å². The number of fused-ring (bicyclic) bond motifs is 2. The molecule has 1 unspecified atom stereocenters. The molecule has 2 aromatic rings. The van der Waals surface area contributed by atoms with Crippen LogP contribution in [-0.2, 0) is 12.8 Å². The Morgan fingerprint density at radius 2 is 1.96 bits per heavy atom. The highest BCUT2D eigenvalue weighted by atomic mass is 32.2. The van der Waals surface area contributed by atoms with Gasteiger partial charge in [-0.05, 0) is 48.1 Å². The summed E-state index contributed by atoms with van der Waals surface area (Å²) in [6.07, 6.45) is 9.43. The van der Waals surface area contributed by atoms with Gasteiger partial charge in [-0.1, -0.05) is 36.4 Å². The highest BCUT2D eigenvalue weighted by Gasteiger charge is 2.40. The van der Waals surface area contributed by atoms with Crippen molar-refractivity contribution in [3.63, 3.8) is 0 Å². The first-order valence-corrected chi connectivity index (χ1v) is 10.6. The molecule has 2 aromatic carbocycles. The van der Waals surface area contributed by atoms with Gasteiger partial charge in [-0.3, -0.25) is 4.99 Å². The number of allylic oxidation sites excluding steroid dienone is 1. The molecule has 27 heavy (non-hydrogen) atoms. The van der Waals surface area contributed by atoms with E-state index in [1.54, 1.807) is 0 Å². The Labute approximate surface area is 164 Å². The minimum Gasteiger partial charge on any atom is -0.492 e. The van der Waals surface area contributed by atoms with Gasteiger partial charge in [-0.15, -0.1) is 11.8 Å². The van der Waals surface area contributed by atoms with Gasteiger partial charge in [0, 0.05) is 18.4 Å². The molecule has 0 spiro atoms. The summed E-state index contributed by atoms with van der Waals surface area (Å²) in [5.74, 6) is 3.37. The Bertz CT molecular complexity index is 868. The van der Waals surface area contributed by atoms with Crippen LogP contribution in [0.15, 0.2) is 64.5 Å². The third-order valence-electron chi connectivity index (χ3n) is 5.83. The second kappa shape index (κ2) is 7.08. The van der Waals surface area contributed by atoms with E-state index in [4.69, 9.17) is 14.5 Å². The fourth-order valence-corrected chi connectivity index (χ4v) is 5.33. The summed E-state index contributed by atoms with van der Waals surface area (Å²) < 4.78 is 12.0. The highest BCUT2D eigenvalue weighted by Crippen LogP contribution is 2.42. The molecule has 4 heteroatoms. The zero-order chi connectivity index (χ0) is 18.1. The monoisotopic (exact) mass is 377 g/mol. The first-order valence-electron chi connectivity index (χ1n) is 9.65. The van der Waals surface area contributed by atoms with Gasteiger partial charge in [0.25, 0.3) is 0 Å². The fraction of sp³-hybridized carbons (Fsp3) is 0.348. The first-order chi connectivity index (χ1) is 13.3. The van der Waals surface area contributed by atoms with E-state index in [9.17, 15) is 0 Å². The lowest BCUT2D eigenvalue weighted by Crippen LogP contribution is -2.35. The normalized spacial score (nSPS) is 23.1. The van der Waals surface area contributed by atoms with Gasteiger partial charge in [0.05, 0.1) is 23.6 Å². The molecule has 0 amide bonds. The van der Waals surface area contributed by atoms with Crippen molar-refractivity contribution in [2.45, 2.75) is 29.7 Å². The summed E-state index contributed by atoms with van der Waals surface area (Å²) in [5, 5.41) is 0. The van der Waals surface area contributed by atoms with Gasteiger partial charge in [-0.2, -0.15) is 0 Å². The van der Waals surface area contributed by atoms with E-state index in [1.807, 2.05) is 36.2 Å². The molecular weight excluding hydrogens is 354 g/mol. The second-order valence-corrected chi connectivity index (χ2v) is 8.49. The van der Waals surface area contributed by atoms with Crippen molar-refractivity contribution in [3.8, 4) is 11.5 Å². The Morgan fingerprint density at radius 1 is 1.11 bits per heavy atom. The van der Waals surface area contributed by atoms with Crippen LogP contribution in [0.1, 0.15) is 17.5 Å². The Kier molecular flexibility index (Phi) is 4.44. The van der Waals surface area contributed by atoms with E-state index in [0.29, 0.717) is 12.5 Å². The summed E-state index contributed by atoms with van der Waals surface area (Å²) in [7, 11) is 0. The summed E-state index contributed by atoms with van der Waals surface area (Å²) in [5.41, 5.74) is 2.81. The number of aliphatic imine (C=N–C) groups is 1. The van der Waals surface area contributed by atoms with E-state index >= 15 is 0 Å². The zero-order valence-electron chi connectivity index (χ0n) is 15.3. The van der Waals surface area contributed by atoms with Gasteiger partial charge in [0.1, 0.15) is 11.5 Å². The molecule has 138 valence electrons. The molecule has 0 aromatic heterocycles. The predicted molar refractivity (Wildman–Crippen MR) is 110 cm³/mol. The number of ether oxygens (including phenoxy) is 2. The lowest BCUT2D eigenvalue weighted by molar-refractivity contribution is 0.234. The van der Waals surface area contributed by atoms with Gasteiger partial charge >= 0.3 is 0 Å². The Morgan fingerprint density at radius 3 is 2.74 bits per heavy atom. The van der Waals surface area contributed by atoms with E-state index in [-0.39, 0.29) is 5.54 Å². The Hall–Kier alpha value is -2.20. The predicted octanol–water partition coefficient (Wildman–Crippen LogP) is 4.73. The van der Waals surface area contributed by atoms with Gasteiger partial charge in [0.15, 0.2) is 0 Å². The molecular formula is C23H23NO2S.